The molecule has 45 heavy (non-hydrogen) atoms. The van der Waals surface area contributed by atoms with Gasteiger partial charge in [0.15, 0.2) is 0 Å². The van der Waals surface area contributed by atoms with Crippen LogP contribution in [-0.4, -0.2) is 19.3 Å². The molecule has 0 aliphatic heterocycles. The largest absolute Gasteiger partial charge is 2.00 e. The Bertz CT molecular complexity index is 2110. The standard InChI is InChI=1S/C37H28F2N4O.Pt/c1-24(2)25-15-16-40-36(17-25)43-34-12-4-3-11-32(34)33-14-13-31(19-35(33)43)44-30-10-6-9-29(18-30)42-23-28(22-41-42)37-26(20-38)7-5-8-27(37)21-39;/h3-17,22-24H,20-21H2,1-2H3;/q-2;+2. The van der Waals surface area contributed by atoms with Crippen molar-refractivity contribution in [2.45, 2.75) is 33.1 Å². The van der Waals surface area contributed by atoms with E-state index in [1.54, 1.807) is 35.3 Å². The number of nitrogens with zero attached hydrogens (tertiary/aromatic N) is 4. The summed E-state index contributed by atoms with van der Waals surface area (Å²) in [7, 11) is 0. The maximum atomic E-state index is 13.7. The third-order valence-electron chi connectivity index (χ3n) is 7.84. The van der Waals surface area contributed by atoms with Crippen LogP contribution in [0.4, 0.5) is 8.78 Å². The summed E-state index contributed by atoms with van der Waals surface area (Å²) in [5.74, 6) is 2.20. The number of halogens is 2. The van der Waals surface area contributed by atoms with Gasteiger partial charge in [-0.25, -0.2) is 13.8 Å². The molecule has 0 radical (unpaired) electrons. The second-order valence-corrected chi connectivity index (χ2v) is 10.9. The smallest absolute Gasteiger partial charge is 0.509 e. The molecular weight excluding hydrogens is 750 g/mol. The van der Waals surface area contributed by atoms with Crippen LogP contribution in [0, 0.1) is 12.1 Å². The molecule has 4 aromatic carbocycles. The molecule has 7 rings (SSSR count). The number of aromatic nitrogens is 4. The summed E-state index contributed by atoms with van der Waals surface area (Å²) < 4.78 is 37.5. The normalized spacial score (nSPS) is 11.3. The Hall–Kier alpha value is -4.61. The van der Waals surface area contributed by atoms with Crippen LogP contribution < -0.4 is 4.74 Å². The molecule has 0 amide bonds. The zero-order chi connectivity index (χ0) is 30.2. The van der Waals surface area contributed by atoms with E-state index in [4.69, 9.17) is 9.72 Å². The second-order valence-electron chi connectivity index (χ2n) is 10.9. The van der Waals surface area contributed by atoms with Gasteiger partial charge in [-0.2, -0.15) is 17.2 Å². The van der Waals surface area contributed by atoms with E-state index >= 15 is 0 Å². The Balaban J connectivity index is 0.00000357. The van der Waals surface area contributed by atoms with Crippen molar-refractivity contribution in [2.24, 2.45) is 0 Å². The second kappa shape index (κ2) is 12.8. The molecule has 7 aromatic rings. The molecule has 226 valence electrons. The Labute approximate surface area is 274 Å². The van der Waals surface area contributed by atoms with Crippen LogP contribution in [-0.2, 0) is 34.4 Å². The summed E-state index contributed by atoms with van der Waals surface area (Å²) in [6.07, 6.45) is 5.21. The third kappa shape index (κ3) is 5.69. The molecule has 0 saturated heterocycles. The van der Waals surface area contributed by atoms with Gasteiger partial charge in [0.25, 0.3) is 0 Å². The molecule has 8 heteroatoms. The van der Waals surface area contributed by atoms with Crippen LogP contribution in [0.25, 0.3) is 44.4 Å². The number of hydrogen-bond acceptors (Lipinski definition) is 3. The summed E-state index contributed by atoms with van der Waals surface area (Å²) in [6, 6.07) is 33.6. The Morgan fingerprint density at radius 3 is 2.36 bits per heavy atom. The van der Waals surface area contributed by atoms with Crippen LogP contribution in [0.1, 0.15) is 36.5 Å². The minimum atomic E-state index is -0.692. The molecule has 0 aliphatic rings. The van der Waals surface area contributed by atoms with Gasteiger partial charge in [0.1, 0.15) is 19.2 Å². The van der Waals surface area contributed by atoms with Crippen molar-refractivity contribution >= 4 is 21.8 Å². The van der Waals surface area contributed by atoms with Crippen molar-refractivity contribution in [2.75, 3.05) is 0 Å². The van der Waals surface area contributed by atoms with E-state index < -0.39 is 13.3 Å². The van der Waals surface area contributed by atoms with Crippen LogP contribution in [0.3, 0.4) is 0 Å². The first-order chi connectivity index (χ1) is 21.5. The molecule has 0 bridgehead atoms. The van der Waals surface area contributed by atoms with Crippen molar-refractivity contribution < 1.29 is 34.6 Å². The van der Waals surface area contributed by atoms with E-state index in [-0.39, 0.29) is 21.1 Å². The summed E-state index contributed by atoms with van der Waals surface area (Å²) in [5, 5.41) is 6.61. The monoisotopic (exact) mass is 777 g/mol. The van der Waals surface area contributed by atoms with Gasteiger partial charge in [-0.15, -0.1) is 35.7 Å². The van der Waals surface area contributed by atoms with Gasteiger partial charge in [0.2, 0.25) is 0 Å². The minimum absolute atomic E-state index is 0. The number of benzene rings is 4. The molecule has 0 unspecified atom stereocenters. The first kappa shape index (κ1) is 30.4. The van der Waals surface area contributed by atoms with Crippen LogP contribution in [0.5, 0.6) is 11.5 Å². The van der Waals surface area contributed by atoms with Crippen molar-refractivity contribution in [3.8, 4) is 34.1 Å². The van der Waals surface area contributed by atoms with E-state index in [0.717, 1.165) is 27.6 Å². The average Bonchev–Trinajstić information content (AvgIpc) is 3.67. The zero-order valence-corrected chi connectivity index (χ0v) is 26.8. The number of pyridine rings is 1. The predicted octanol–water partition coefficient (Wildman–Crippen LogP) is 9.48. The van der Waals surface area contributed by atoms with Gasteiger partial charge in [0, 0.05) is 35.0 Å². The van der Waals surface area contributed by atoms with Crippen molar-refractivity contribution in [3.63, 3.8) is 0 Å². The fourth-order valence-corrected chi connectivity index (χ4v) is 5.67. The number of ether oxygens (including phenoxy) is 1. The van der Waals surface area contributed by atoms with Gasteiger partial charge < -0.3 is 9.30 Å². The first-order valence-corrected chi connectivity index (χ1v) is 14.4. The molecular formula is C37H28F2N4OPt. The van der Waals surface area contributed by atoms with Crippen LogP contribution in [0.15, 0.2) is 104 Å². The molecule has 3 heterocycles. The zero-order valence-electron chi connectivity index (χ0n) is 24.6. The number of rotatable bonds is 8. The van der Waals surface area contributed by atoms with Gasteiger partial charge in [0.05, 0.1) is 6.20 Å². The SMILES string of the molecule is CC(C)c1ccnc(-n2c3[c-]c(Oc4[c-]c(-n5cc(-c6c(CF)cccc6CF)cn5)ccc4)ccc3c3ccccc32)c1.[Pt+2]. The summed E-state index contributed by atoms with van der Waals surface area (Å²) >= 11 is 0. The first-order valence-electron chi connectivity index (χ1n) is 14.4. The number of fused-ring (bicyclic) bond motifs is 3. The Morgan fingerprint density at radius 1 is 0.822 bits per heavy atom. The van der Waals surface area contributed by atoms with E-state index in [1.165, 1.54) is 5.56 Å². The van der Waals surface area contributed by atoms with Gasteiger partial charge in [-0.3, -0.25) is 4.68 Å². The van der Waals surface area contributed by atoms with E-state index in [9.17, 15) is 8.78 Å². The maximum absolute atomic E-state index is 13.7. The molecule has 0 aliphatic carbocycles. The van der Waals surface area contributed by atoms with Crippen LogP contribution >= 0.6 is 0 Å². The van der Waals surface area contributed by atoms with Gasteiger partial charge in [-0.1, -0.05) is 55.8 Å². The van der Waals surface area contributed by atoms with Gasteiger partial charge in [-0.05, 0) is 57.4 Å². The number of para-hydroxylation sites is 1. The van der Waals surface area contributed by atoms with Crippen molar-refractivity contribution in [1.82, 2.24) is 19.3 Å². The summed E-state index contributed by atoms with van der Waals surface area (Å²) in [4.78, 5) is 4.71. The van der Waals surface area contributed by atoms with Gasteiger partial charge >= 0.3 is 21.1 Å². The Kier molecular flexibility index (Phi) is 8.64. The van der Waals surface area contributed by atoms with Crippen molar-refractivity contribution in [1.29, 1.82) is 0 Å². The minimum Gasteiger partial charge on any atom is -0.509 e. The topological polar surface area (TPSA) is 44.9 Å². The maximum Gasteiger partial charge on any atom is 2.00 e. The summed E-state index contributed by atoms with van der Waals surface area (Å²) in [6.45, 7) is 2.95. The van der Waals surface area contributed by atoms with Crippen LogP contribution in [0.2, 0.25) is 0 Å². The molecule has 0 saturated carbocycles. The molecule has 5 nitrogen and oxygen atoms in total. The molecule has 0 spiro atoms. The fourth-order valence-electron chi connectivity index (χ4n) is 5.67. The molecule has 0 N–H and O–H groups in total. The number of hydrogen-bond donors (Lipinski definition) is 0. The fraction of sp³-hybridized carbons (Fsp3) is 0.135. The predicted molar refractivity (Wildman–Crippen MR) is 169 cm³/mol. The van der Waals surface area contributed by atoms with E-state index in [0.29, 0.717) is 45.4 Å². The average molecular weight is 778 g/mol. The Morgan fingerprint density at radius 2 is 1.58 bits per heavy atom. The third-order valence-corrected chi connectivity index (χ3v) is 7.84. The molecule has 3 aromatic heterocycles. The van der Waals surface area contributed by atoms with E-state index in [1.807, 2.05) is 54.7 Å². The molecule has 0 fully saturated rings. The molecule has 0 atom stereocenters. The van der Waals surface area contributed by atoms with E-state index in [2.05, 4.69) is 53.8 Å². The van der Waals surface area contributed by atoms with Crippen molar-refractivity contribution in [3.05, 3.63) is 132 Å². The number of alkyl halides is 2. The quantitative estimate of drug-likeness (QED) is 0.145. The summed E-state index contributed by atoms with van der Waals surface area (Å²) in [5.41, 5.74) is 5.74.